The van der Waals surface area contributed by atoms with Crippen molar-refractivity contribution in [2.24, 2.45) is 0 Å². The first-order chi connectivity index (χ1) is 18.0. The van der Waals surface area contributed by atoms with Crippen LogP contribution in [0.15, 0.2) is 58.5 Å². The number of thiophene rings is 1. The molecular formula is C29H27N3O3S2. The Bertz CT molecular complexity index is 1570. The second kappa shape index (κ2) is 9.91. The van der Waals surface area contributed by atoms with E-state index < -0.39 is 0 Å². The molecule has 6 nitrogen and oxygen atoms in total. The molecule has 3 heterocycles. The molecule has 0 saturated carbocycles. The summed E-state index contributed by atoms with van der Waals surface area (Å²) in [6.45, 7) is 2.42. The number of unbranched alkanes of at least 4 members (excludes halogenated alkanes) is 1. The SMILES string of the molecule is Cc1cccc(-n2c(SCCCCN3C(=O)c4ccccc4C3=O)nc3sc4c(c3c2=O)CCCC4)c1. The molecule has 2 aromatic carbocycles. The Hall–Kier alpha value is -3.23. The molecule has 2 aliphatic rings. The summed E-state index contributed by atoms with van der Waals surface area (Å²) in [5, 5.41) is 1.48. The Morgan fingerprint density at radius 2 is 1.70 bits per heavy atom. The van der Waals surface area contributed by atoms with E-state index in [0.717, 1.165) is 52.9 Å². The van der Waals surface area contributed by atoms with Crippen molar-refractivity contribution >= 4 is 45.1 Å². The Balaban J connectivity index is 1.22. The van der Waals surface area contributed by atoms with Crippen molar-refractivity contribution in [2.45, 2.75) is 50.6 Å². The van der Waals surface area contributed by atoms with Gasteiger partial charge >= 0.3 is 0 Å². The number of amides is 2. The van der Waals surface area contributed by atoms with Crippen molar-refractivity contribution in [1.82, 2.24) is 14.5 Å². The fourth-order valence-corrected chi connectivity index (χ4v) is 7.57. The second-order valence-corrected chi connectivity index (χ2v) is 11.8. The fourth-order valence-electron chi connectivity index (χ4n) is 5.26. The lowest BCUT2D eigenvalue weighted by Crippen LogP contribution is -2.30. The van der Waals surface area contributed by atoms with Gasteiger partial charge in [-0.3, -0.25) is 23.9 Å². The van der Waals surface area contributed by atoms with Crippen LogP contribution >= 0.6 is 23.1 Å². The minimum absolute atomic E-state index is 0.0172. The number of fused-ring (bicyclic) bond motifs is 4. The first kappa shape index (κ1) is 24.1. The van der Waals surface area contributed by atoms with Crippen molar-refractivity contribution < 1.29 is 9.59 Å². The normalized spacial score (nSPS) is 14.9. The van der Waals surface area contributed by atoms with Crippen LogP contribution in [0.3, 0.4) is 0 Å². The van der Waals surface area contributed by atoms with E-state index in [9.17, 15) is 14.4 Å². The predicted octanol–water partition coefficient (Wildman–Crippen LogP) is 5.80. The maximum Gasteiger partial charge on any atom is 0.267 e. The van der Waals surface area contributed by atoms with Crippen LogP contribution in [0.4, 0.5) is 0 Å². The second-order valence-electron chi connectivity index (χ2n) is 9.63. The number of hydrogen-bond donors (Lipinski definition) is 0. The van der Waals surface area contributed by atoms with Gasteiger partial charge in [0.05, 0.1) is 22.2 Å². The number of hydrogen-bond acceptors (Lipinski definition) is 6. The summed E-state index contributed by atoms with van der Waals surface area (Å²) in [4.78, 5) is 47.6. The summed E-state index contributed by atoms with van der Waals surface area (Å²) in [7, 11) is 0. The maximum atomic E-state index is 13.9. The van der Waals surface area contributed by atoms with Crippen LogP contribution in [0.25, 0.3) is 15.9 Å². The lowest BCUT2D eigenvalue weighted by molar-refractivity contribution is 0.0652. The molecule has 0 spiro atoms. The van der Waals surface area contributed by atoms with Gasteiger partial charge in [0.1, 0.15) is 4.83 Å². The standard InChI is InChI=1S/C29H27N3O3S2/c1-18-9-8-10-19(17-18)32-28(35)24-22-13-4-5-14-23(22)37-25(24)30-29(32)36-16-7-6-15-31-26(33)20-11-2-3-12-21(20)27(31)34/h2-3,8-12,17H,4-7,13-16H2,1H3. The third-order valence-electron chi connectivity index (χ3n) is 7.10. The number of thioether (sulfide) groups is 1. The van der Waals surface area contributed by atoms with E-state index in [1.54, 1.807) is 51.9 Å². The monoisotopic (exact) mass is 529 g/mol. The van der Waals surface area contributed by atoms with Crippen LogP contribution in [-0.4, -0.2) is 38.6 Å². The molecule has 4 aromatic rings. The summed E-state index contributed by atoms with van der Waals surface area (Å²) in [6.07, 6.45) is 5.75. The zero-order valence-corrected chi connectivity index (χ0v) is 22.3. The molecule has 188 valence electrons. The number of aryl methyl sites for hydroxylation is 3. The zero-order valence-electron chi connectivity index (χ0n) is 20.7. The van der Waals surface area contributed by atoms with E-state index in [-0.39, 0.29) is 17.4 Å². The molecule has 1 aliphatic carbocycles. The number of carbonyl (C=O) groups excluding carboxylic acids is 2. The highest BCUT2D eigenvalue weighted by molar-refractivity contribution is 7.99. The van der Waals surface area contributed by atoms with E-state index in [1.165, 1.54) is 21.8 Å². The number of carbonyl (C=O) groups is 2. The van der Waals surface area contributed by atoms with Gasteiger partial charge in [-0.15, -0.1) is 11.3 Å². The van der Waals surface area contributed by atoms with E-state index in [0.29, 0.717) is 29.2 Å². The highest BCUT2D eigenvalue weighted by atomic mass is 32.2. The molecule has 2 amide bonds. The summed E-state index contributed by atoms with van der Waals surface area (Å²) < 4.78 is 1.77. The Morgan fingerprint density at radius 1 is 0.946 bits per heavy atom. The largest absolute Gasteiger partial charge is 0.274 e. The van der Waals surface area contributed by atoms with Crippen LogP contribution in [-0.2, 0) is 12.8 Å². The number of benzene rings is 2. The Kier molecular flexibility index (Phi) is 6.46. The summed E-state index contributed by atoms with van der Waals surface area (Å²) in [5.41, 5.74) is 4.11. The summed E-state index contributed by atoms with van der Waals surface area (Å²) in [6, 6.07) is 15.0. The predicted molar refractivity (Wildman–Crippen MR) is 148 cm³/mol. The van der Waals surface area contributed by atoms with Crippen LogP contribution in [0.1, 0.15) is 62.4 Å². The van der Waals surface area contributed by atoms with Crippen molar-refractivity contribution in [2.75, 3.05) is 12.3 Å². The molecule has 1 aliphatic heterocycles. The molecule has 0 saturated heterocycles. The van der Waals surface area contributed by atoms with Gasteiger partial charge in [-0.1, -0.05) is 36.0 Å². The first-order valence-corrected chi connectivity index (χ1v) is 14.6. The van der Waals surface area contributed by atoms with Crippen molar-refractivity contribution in [3.8, 4) is 5.69 Å². The smallest absolute Gasteiger partial charge is 0.267 e. The Labute approximate surface area is 223 Å². The van der Waals surface area contributed by atoms with E-state index in [2.05, 4.69) is 0 Å². The van der Waals surface area contributed by atoms with Crippen molar-refractivity contribution in [3.05, 3.63) is 86.0 Å². The summed E-state index contributed by atoms with van der Waals surface area (Å²) in [5.74, 6) is 0.309. The van der Waals surface area contributed by atoms with Crippen molar-refractivity contribution in [3.63, 3.8) is 0 Å². The highest BCUT2D eigenvalue weighted by Gasteiger charge is 2.34. The average Bonchev–Trinajstić information content (AvgIpc) is 3.39. The first-order valence-electron chi connectivity index (χ1n) is 12.8. The zero-order chi connectivity index (χ0) is 25.5. The van der Waals surface area contributed by atoms with Gasteiger partial charge in [0.25, 0.3) is 17.4 Å². The van der Waals surface area contributed by atoms with Gasteiger partial charge in [-0.05, 0) is 80.8 Å². The molecule has 0 N–H and O–H groups in total. The van der Waals surface area contributed by atoms with Crippen LogP contribution in [0.2, 0.25) is 0 Å². The minimum atomic E-state index is -0.213. The Morgan fingerprint density at radius 3 is 2.46 bits per heavy atom. The molecule has 8 heteroatoms. The maximum absolute atomic E-state index is 13.9. The molecule has 0 fully saturated rings. The van der Waals surface area contributed by atoms with Gasteiger partial charge in [0.15, 0.2) is 5.16 Å². The number of imide groups is 1. The molecule has 0 unspecified atom stereocenters. The topological polar surface area (TPSA) is 72.3 Å². The lowest BCUT2D eigenvalue weighted by Gasteiger charge is -2.15. The minimum Gasteiger partial charge on any atom is -0.274 e. The summed E-state index contributed by atoms with van der Waals surface area (Å²) >= 11 is 3.23. The van der Waals surface area contributed by atoms with Gasteiger partial charge in [0, 0.05) is 17.2 Å². The van der Waals surface area contributed by atoms with E-state index in [4.69, 9.17) is 4.98 Å². The number of nitrogens with zero attached hydrogens (tertiary/aromatic N) is 3. The third kappa shape index (κ3) is 4.32. The quantitative estimate of drug-likeness (QED) is 0.131. The van der Waals surface area contributed by atoms with E-state index >= 15 is 0 Å². The average molecular weight is 530 g/mol. The third-order valence-corrected chi connectivity index (χ3v) is 9.31. The highest BCUT2D eigenvalue weighted by Crippen LogP contribution is 2.35. The molecule has 0 radical (unpaired) electrons. The van der Waals surface area contributed by atoms with Gasteiger partial charge in [0.2, 0.25) is 0 Å². The lowest BCUT2D eigenvalue weighted by atomic mass is 9.97. The number of rotatable bonds is 7. The molecule has 6 rings (SSSR count). The molecule has 0 bridgehead atoms. The van der Waals surface area contributed by atoms with Crippen LogP contribution in [0, 0.1) is 6.92 Å². The van der Waals surface area contributed by atoms with Crippen LogP contribution in [0.5, 0.6) is 0 Å². The van der Waals surface area contributed by atoms with Crippen molar-refractivity contribution in [1.29, 1.82) is 0 Å². The number of aromatic nitrogens is 2. The van der Waals surface area contributed by atoms with Crippen LogP contribution < -0.4 is 5.56 Å². The molecule has 37 heavy (non-hydrogen) atoms. The molecule has 0 atom stereocenters. The fraction of sp³-hybridized carbons (Fsp3) is 0.310. The molecule has 2 aromatic heterocycles. The van der Waals surface area contributed by atoms with Gasteiger partial charge in [-0.25, -0.2) is 4.98 Å². The van der Waals surface area contributed by atoms with E-state index in [1.807, 2.05) is 31.2 Å². The van der Waals surface area contributed by atoms with Gasteiger partial charge < -0.3 is 0 Å². The molecular weight excluding hydrogens is 502 g/mol. The van der Waals surface area contributed by atoms with Gasteiger partial charge in [-0.2, -0.15) is 0 Å².